The minimum atomic E-state index is -4.56. The molecule has 14 heteroatoms. The van der Waals surface area contributed by atoms with E-state index in [1.54, 1.807) is 6.08 Å². The van der Waals surface area contributed by atoms with Gasteiger partial charge < -0.3 is 9.47 Å². The average Bonchev–Trinajstić information content (AvgIpc) is 2.92. The first kappa shape index (κ1) is 29.0. The van der Waals surface area contributed by atoms with Crippen LogP contribution in [0, 0.1) is 0 Å². The van der Waals surface area contributed by atoms with Gasteiger partial charge in [-0.15, -0.1) is 0 Å². The van der Waals surface area contributed by atoms with E-state index in [9.17, 15) is 26.4 Å². The van der Waals surface area contributed by atoms with Crippen LogP contribution in [0.15, 0.2) is 23.1 Å². The van der Waals surface area contributed by atoms with Crippen LogP contribution in [0.3, 0.4) is 0 Å². The third-order valence-corrected chi connectivity index (χ3v) is 10.3. The molecule has 0 saturated carbocycles. The molecule has 4 aliphatic rings. The number of ether oxygens (including phenoxy) is 2. The highest BCUT2D eigenvalue weighted by Gasteiger charge is 2.39. The number of ketones is 2. The molecule has 2 heterocycles. The topological polar surface area (TPSA) is 157 Å². The number of allylic oxidation sites excluding steroid dienone is 2. The number of rotatable bonds is 9. The van der Waals surface area contributed by atoms with Crippen LogP contribution in [0.5, 0.6) is 0 Å². The van der Waals surface area contributed by atoms with Gasteiger partial charge in [-0.1, -0.05) is 6.08 Å². The largest absolute Gasteiger partial charge is 0.379 e. The molecule has 0 unspecified atom stereocenters. The van der Waals surface area contributed by atoms with Crippen LogP contribution in [0.4, 0.5) is 0 Å². The number of nitrogens with zero attached hydrogens (tertiary/aromatic N) is 3. The van der Waals surface area contributed by atoms with Gasteiger partial charge in [-0.05, 0) is 46.7 Å². The zero-order valence-electron chi connectivity index (χ0n) is 22.0. The van der Waals surface area contributed by atoms with Gasteiger partial charge in [-0.3, -0.25) is 19.4 Å². The van der Waals surface area contributed by atoms with Crippen molar-refractivity contribution in [1.29, 1.82) is 0 Å². The highest BCUT2D eigenvalue weighted by atomic mass is 32.2. The van der Waals surface area contributed by atoms with E-state index in [0.717, 1.165) is 6.08 Å². The Morgan fingerprint density at radius 2 is 1.38 bits per heavy atom. The Bertz CT molecular complexity index is 1580. The quantitative estimate of drug-likeness (QED) is 0.330. The summed E-state index contributed by atoms with van der Waals surface area (Å²) in [5, 5.41) is 5.92. The van der Waals surface area contributed by atoms with Crippen molar-refractivity contribution in [2.24, 2.45) is 5.14 Å². The number of hydrogen-bond acceptors (Lipinski definition) is 10. The van der Waals surface area contributed by atoms with Crippen molar-refractivity contribution in [2.45, 2.75) is 0 Å². The van der Waals surface area contributed by atoms with Gasteiger partial charge in [0.2, 0.25) is 25.8 Å². The third kappa shape index (κ3) is 6.19. The number of sulfonamides is 2. The summed E-state index contributed by atoms with van der Waals surface area (Å²) >= 11 is 0. The number of Topliss-reactive ketones (excluding diaryl/α,β-unsaturated/α-hetero) is 1. The smallest absolute Gasteiger partial charge is 0.247 e. The predicted octanol–water partition coefficient (Wildman–Crippen LogP) is -2.32. The van der Waals surface area contributed by atoms with Crippen LogP contribution in [-0.4, -0.2) is 121 Å². The minimum absolute atomic E-state index is 0.0753. The number of carbonyl (C=O) groups excluding carboxylic acids is 2. The second-order valence-corrected chi connectivity index (χ2v) is 13.4. The molecule has 12 nitrogen and oxygen atoms in total. The van der Waals surface area contributed by atoms with Gasteiger partial charge in [0.15, 0.2) is 5.78 Å². The molecule has 5 rings (SSSR count). The number of nitrogens with two attached hydrogens (primary N) is 1. The van der Waals surface area contributed by atoms with Gasteiger partial charge in [-0.25, -0.2) is 22.0 Å². The summed E-state index contributed by atoms with van der Waals surface area (Å²) < 4.78 is 65.5. The normalized spacial score (nSPS) is 20.8. The minimum Gasteiger partial charge on any atom is -0.379 e. The third-order valence-electron chi connectivity index (χ3n) is 7.38. The van der Waals surface area contributed by atoms with Crippen molar-refractivity contribution in [3.63, 3.8) is 0 Å². The molecular weight excluding hydrogens is 560 g/mol. The molecule has 0 aromatic heterocycles. The Balaban J connectivity index is 1.59. The number of morpholine rings is 2. The second kappa shape index (κ2) is 11.7. The van der Waals surface area contributed by atoms with Gasteiger partial charge in [0, 0.05) is 57.6 Å². The number of primary sulfonamides is 1. The summed E-state index contributed by atoms with van der Waals surface area (Å²) in [6.07, 6.45) is 5.33. The highest BCUT2D eigenvalue weighted by molar-refractivity contribution is 8.00. The fourth-order valence-corrected chi connectivity index (χ4v) is 7.57. The van der Waals surface area contributed by atoms with Crippen molar-refractivity contribution < 1.29 is 35.9 Å². The van der Waals surface area contributed by atoms with E-state index in [0.29, 0.717) is 76.5 Å². The standard InChI is InChI=1S/C26H32N4O8S2/c27-39(33,34)24-18-21-15-20-16-22(31)2-1-19(20)17-23(21)26(25(24)32)40(35,36)30(5-3-28-7-11-37-12-8-28)6-4-29-9-13-38-14-10-29/h1-2,15-18H,3-14H2,(H2,27,33,34). The molecule has 216 valence electrons. The molecule has 0 bridgehead atoms. The molecule has 0 radical (unpaired) electrons. The van der Waals surface area contributed by atoms with E-state index in [2.05, 4.69) is 9.80 Å². The molecular formula is C26H32N4O8S2. The van der Waals surface area contributed by atoms with Gasteiger partial charge in [0.25, 0.3) is 0 Å². The first-order valence-corrected chi connectivity index (χ1v) is 16.0. The van der Waals surface area contributed by atoms with E-state index in [1.807, 2.05) is 0 Å². The van der Waals surface area contributed by atoms with Crippen molar-refractivity contribution >= 4 is 54.7 Å². The molecule has 2 aliphatic carbocycles. The van der Waals surface area contributed by atoms with Gasteiger partial charge in [0.1, 0.15) is 9.81 Å². The van der Waals surface area contributed by atoms with Crippen LogP contribution in [0.25, 0.3) is 23.1 Å². The Morgan fingerprint density at radius 1 is 0.800 bits per heavy atom. The summed E-state index contributed by atoms with van der Waals surface area (Å²) in [4.78, 5) is 28.3. The maximum absolute atomic E-state index is 14.3. The summed E-state index contributed by atoms with van der Waals surface area (Å²) in [6, 6.07) is 3.01. The molecule has 2 fully saturated rings. The van der Waals surface area contributed by atoms with Crippen molar-refractivity contribution in [1.82, 2.24) is 14.1 Å². The number of hydrogen-bond donors (Lipinski definition) is 1. The maximum Gasteiger partial charge on any atom is 0.247 e. The molecule has 2 saturated heterocycles. The number of fused-ring (bicyclic) bond motifs is 2. The first-order valence-electron chi connectivity index (χ1n) is 13.1. The molecule has 0 atom stereocenters. The van der Waals surface area contributed by atoms with E-state index < -0.39 is 35.6 Å². The van der Waals surface area contributed by atoms with Gasteiger partial charge in [-0.2, -0.15) is 4.31 Å². The van der Waals surface area contributed by atoms with Crippen LogP contribution >= 0.6 is 0 Å². The molecule has 40 heavy (non-hydrogen) atoms. The zero-order chi connectivity index (χ0) is 28.5. The van der Waals surface area contributed by atoms with Gasteiger partial charge in [0.05, 0.1) is 26.4 Å². The summed E-state index contributed by atoms with van der Waals surface area (Å²) in [6.45, 7) is 5.83. The SMILES string of the molecule is NS(=O)(=O)C1=Cc2cc3c(cc2=C(S(=O)(=O)N(CCN2CCOCC2)CCN2CCOCC2)C1=O)C=CC(=O)C=3. The second-order valence-electron chi connectivity index (χ2n) is 9.97. The fourth-order valence-electron chi connectivity index (χ4n) is 5.15. The van der Waals surface area contributed by atoms with Gasteiger partial charge >= 0.3 is 0 Å². The molecule has 0 spiro atoms. The van der Waals surface area contributed by atoms with E-state index in [1.165, 1.54) is 28.6 Å². The zero-order valence-corrected chi connectivity index (χ0v) is 23.6. The Kier molecular flexibility index (Phi) is 8.50. The van der Waals surface area contributed by atoms with Crippen LogP contribution < -0.4 is 15.6 Å². The van der Waals surface area contributed by atoms with Crippen molar-refractivity contribution in [3.05, 3.63) is 44.7 Å². The first-order chi connectivity index (χ1) is 19.0. The van der Waals surface area contributed by atoms with E-state index in [-0.39, 0.29) is 29.7 Å². The van der Waals surface area contributed by atoms with Crippen LogP contribution in [0.1, 0.15) is 11.1 Å². The molecule has 1 aromatic rings. The van der Waals surface area contributed by atoms with Crippen molar-refractivity contribution in [3.8, 4) is 0 Å². The Hall–Kier alpha value is -2.56. The Morgan fingerprint density at radius 3 is 1.93 bits per heavy atom. The maximum atomic E-state index is 14.3. The van der Waals surface area contributed by atoms with Crippen LogP contribution in [-0.2, 0) is 39.1 Å². The predicted molar refractivity (Wildman–Crippen MR) is 149 cm³/mol. The summed E-state index contributed by atoms with van der Waals surface area (Å²) in [5.41, 5.74) is 0.723. The van der Waals surface area contributed by atoms with E-state index >= 15 is 0 Å². The van der Waals surface area contributed by atoms with E-state index in [4.69, 9.17) is 14.6 Å². The lowest BCUT2D eigenvalue weighted by molar-refractivity contribution is -0.110. The van der Waals surface area contributed by atoms with Crippen LogP contribution in [0.2, 0.25) is 0 Å². The lowest BCUT2D eigenvalue weighted by Gasteiger charge is -2.32. The average molecular weight is 593 g/mol. The van der Waals surface area contributed by atoms with Crippen molar-refractivity contribution in [2.75, 3.05) is 78.8 Å². The summed E-state index contributed by atoms with van der Waals surface area (Å²) in [7, 11) is -9.05. The number of benzene rings is 1. The monoisotopic (exact) mass is 592 g/mol. The molecule has 0 amide bonds. The number of carbonyl (C=O) groups is 2. The summed E-state index contributed by atoms with van der Waals surface area (Å²) in [5.74, 6) is -1.43. The lowest BCUT2D eigenvalue weighted by atomic mass is 9.97. The molecule has 1 aromatic carbocycles. The molecule has 2 aliphatic heterocycles. The Labute approximate surface area is 233 Å². The fraction of sp³-hybridized carbons (Fsp3) is 0.462. The highest BCUT2D eigenvalue weighted by Crippen LogP contribution is 2.26. The molecule has 2 N–H and O–H groups in total. The lowest BCUT2D eigenvalue weighted by Crippen LogP contribution is -2.48.